The van der Waals surface area contributed by atoms with Gasteiger partial charge in [0.2, 0.25) is 0 Å². The number of hydrazine groups is 1. The molecule has 0 aliphatic heterocycles. The molecule has 0 rings (SSSR count). The molecule has 0 atom stereocenters. The second kappa shape index (κ2) is 5.23. The van der Waals surface area contributed by atoms with Gasteiger partial charge in [-0.05, 0) is 6.26 Å². The summed E-state index contributed by atoms with van der Waals surface area (Å²) in [5, 5.41) is 0. The van der Waals surface area contributed by atoms with Crippen molar-refractivity contribution >= 4 is 11.9 Å². The highest BCUT2D eigenvalue weighted by Crippen LogP contribution is 1.71. The minimum Gasteiger partial charge on any atom is -0.317 e. The van der Waals surface area contributed by atoms with Gasteiger partial charge in [0.05, 0.1) is 6.67 Å². The molecular weight excluding hydrogens is 98.1 g/mol. The quantitative estimate of drug-likeness (QED) is 0.193. The van der Waals surface area contributed by atoms with Crippen LogP contribution in [0.15, 0.2) is 0 Å². The summed E-state index contributed by atoms with van der Waals surface area (Å²) in [6.45, 7) is 0.473. The molecule has 4 heteroatoms. The zero-order valence-corrected chi connectivity index (χ0v) is 4.51. The van der Waals surface area contributed by atoms with Crippen molar-refractivity contribution in [3.63, 3.8) is 0 Å². The molecule has 4 N–H and O–H groups in total. The molecule has 0 spiro atoms. The summed E-state index contributed by atoms with van der Waals surface area (Å²) in [4.78, 5) is 2.74. The molecule has 0 saturated heterocycles. The van der Waals surface area contributed by atoms with Crippen LogP contribution in [0.1, 0.15) is 0 Å². The summed E-state index contributed by atoms with van der Waals surface area (Å²) in [5.41, 5.74) is 7.72. The van der Waals surface area contributed by atoms with Crippen molar-refractivity contribution in [1.29, 1.82) is 0 Å². The maximum atomic E-state index is 5.03. The summed E-state index contributed by atoms with van der Waals surface area (Å²) in [6.07, 6.45) is 1.92. The van der Waals surface area contributed by atoms with Crippen molar-refractivity contribution in [2.24, 2.45) is 5.73 Å². The zero-order chi connectivity index (χ0) is 4.83. The van der Waals surface area contributed by atoms with E-state index in [-0.39, 0.29) is 0 Å². The number of hydrogen-bond donors (Lipinski definition) is 3. The molecule has 0 saturated carbocycles. The van der Waals surface area contributed by atoms with Gasteiger partial charge in [0.25, 0.3) is 0 Å². The Kier molecular flexibility index (Phi) is 5.43. The van der Waals surface area contributed by atoms with E-state index in [1.165, 1.54) is 11.9 Å². The third-order valence-electron chi connectivity index (χ3n) is 0.276. The van der Waals surface area contributed by atoms with Crippen molar-refractivity contribution in [2.45, 2.75) is 0 Å². The fraction of sp³-hybridized carbons (Fsp3) is 1.00. The van der Waals surface area contributed by atoms with E-state index in [0.717, 1.165) is 0 Å². The molecule has 38 valence electrons. The highest BCUT2D eigenvalue weighted by Gasteiger charge is 1.67. The summed E-state index contributed by atoms with van der Waals surface area (Å²) >= 11 is 1.49. The van der Waals surface area contributed by atoms with Gasteiger partial charge in [-0.25, -0.2) is 10.3 Å². The number of nitrogens with one attached hydrogen (secondary N) is 2. The van der Waals surface area contributed by atoms with Crippen LogP contribution in [0.5, 0.6) is 0 Å². The SMILES string of the molecule is CSNNCN. The Balaban J connectivity index is 2.34. The highest BCUT2D eigenvalue weighted by atomic mass is 32.2. The van der Waals surface area contributed by atoms with E-state index < -0.39 is 0 Å². The minimum atomic E-state index is 0.473. The summed E-state index contributed by atoms with van der Waals surface area (Å²) in [7, 11) is 0. The average Bonchev–Trinajstić information content (AvgIpc) is 1.61. The third-order valence-corrected chi connectivity index (χ3v) is 0.625. The molecular formula is C2H9N3S. The van der Waals surface area contributed by atoms with Gasteiger partial charge in [-0.15, -0.1) is 0 Å². The molecule has 0 amide bonds. The predicted octanol–water partition coefficient (Wildman–Crippen LogP) is -0.725. The van der Waals surface area contributed by atoms with E-state index in [4.69, 9.17) is 5.73 Å². The van der Waals surface area contributed by atoms with Gasteiger partial charge in [0, 0.05) is 0 Å². The van der Waals surface area contributed by atoms with Gasteiger partial charge >= 0.3 is 0 Å². The van der Waals surface area contributed by atoms with E-state index in [1.54, 1.807) is 0 Å². The standard InChI is InChI=1S/C2H9N3S/c1-6-5-4-2-3/h4-5H,2-3H2,1H3. The lowest BCUT2D eigenvalue weighted by Crippen LogP contribution is -2.30. The molecule has 0 aromatic heterocycles. The van der Waals surface area contributed by atoms with Crippen molar-refractivity contribution in [2.75, 3.05) is 12.9 Å². The Bertz CT molecular complexity index is 20.8. The van der Waals surface area contributed by atoms with Crippen molar-refractivity contribution in [1.82, 2.24) is 10.3 Å². The maximum absolute atomic E-state index is 5.03. The molecule has 0 aromatic rings. The van der Waals surface area contributed by atoms with Crippen LogP contribution in [0.4, 0.5) is 0 Å². The van der Waals surface area contributed by atoms with Crippen molar-refractivity contribution < 1.29 is 0 Å². The Morgan fingerprint density at radius 3 is 2.67 bits per heavy atom. The average molecular weight is 107 g/mol. The van der Waals surface area contributed by atoms with Crippen LogP contribution in [0.2, 0.25) is 0 Å². The second-order valence-corrected chi connectivity index (χ2v) is 1.30. The Hall–Kier alpha value is 0.230. The zero-order valence-electron chi connectivity index (χ0n) is 3.69. The van der Waals surface area contributed by atoms with Crippen LogP contribution in [0.3, 0.4) is 0 Å². The van der Waals surface area contributed by atoms with Gasteiger partial charge in [-0.1, -0.05) is 11.9 Å². The molecule has 3 nitrogen and oxygen atoms in total. The van der Waals surface area contributed by atoms with E-state index in [0.29, 0.717) is 6.67 Å². The van der Waals surface area contributed by atoms with Crippen molar-refractivity contribution in [3.05, 3.63) is 0 Å². The van der Waals surface area contributed by atoms with Gasteiger partial charge in [-0.3, -0.25) is 0 Å². The molecule has 0 aliphatic rings. The maximum Gasteiger partial charge on any atom is 0.0573 e. The van der Waals surface area contributed by atoms with E-state index >= 15 is 0 Å². The molecule has 0 aliphatic carbocycles. The van der Waals surface area contributed by atoms with Gasteiger partial charge in [0.15, 0.2) is 0 Å². The lowest BCUT2D eigenvalue weighted by atomic mass is 11.2. The summed E-state index contributed by atoms with van der Waals surface area (Å²) in [5.74, 6) is 0. The topological polar surface area (TPSA) is 50.1 Å². The van der Waals surface area contributed by atoms with Gasteiger partial charge < -0.3 is 5.73 Å². The van der Waals surface area contributed by atoms with Crippen LogP contribution in [0.25, 0.3) is 0 Å². The van der Waals surface area contributed by atoms with E-state index in [2.05, 4.69) is 10.3 Å². The molecule has 6 heavy (non-hydrogen) atoms. The van der Waals surface area contributed by atoms with Crippen LogP contribution >= 0.6 is 11.9 Å². The monoisotopic (exact) mass is 107 g/mol. The first-order valence-corrected chi connectivity index (χ1v) is 2.85. The first-order valence-electron chi connectivity index (χ1n) is 1.62. The third kappa shape index (κ3) is 4.23. The number of hydrogen-bond acceptors (Lipinski definition) is 4. The van der Waals surface area contributed by atoms with Crippen LogP contribution in [-0.2, 0) is 0 Å². The van der Waals surface area contributed by atoms with Gasteiger partial charge in [-0.2, -0.15) is 0 Å². The van der Waals surface area contributed by atoms with Crippen LogP contribution < -0.4 is 16.0 Å². The second-order valence-electron chi connectivity index (χ2n) is 0.687. The highest BCUT2D eigenvalue weighted by molar-refractivity contribution is 7.96. The molecule has 0 fully saturated rings. The Labute approximate surface area is 41.8 Å². The first-order chi connectivity index (χ1) is 2.91. The molecule has 0 bridgehead atoms. The first kappa shape index (κ1) is 6.23. The van der Waals surface area contributed by atoms with E-state index in [9.17, 15) is 0 Å². The smallest absolute Gasteiger partial charge is 0.0573 e. The fourth-order valence-electron chi connectivity index (χ4n) is 0.114. The molecule has 0 radical (unpaired) electrons. The van der Waals surface area contributed by atoms with Crippen LogP contribution in [-0.4, -0.2) is 12.9 Å². The Morgan fingerprint density at radius 1 is 1.83 bits per heavy atom. The summed E-state index contributed by atoms with van der Waals surface area (Å²) in [6, 6.07) is 0. The van der Waals surface area contributed by atoms with Crippen LogP contribution in [0, 0.1) is 0 Å². The molecule has 0 heterocycles. The van der Waals surface area contributed by atoms with E-state index in [1.807, 2.05) is 6.26 Å². The lowest BCUT2D eigenvalue weighted by Gasteiger charge is -1.94. The minimum absolute atomic E-state index is 0.473. The largest absolute Gasteiger partial charge is 0.317 e. The number of rotatable bonds is 3. The van der Waals surface area contributed by atoms with Crippen molar-refractivity contribution in [3.8, 4) is 0 Å². The summed E-state index contributed by atoms with van der Waals surface area (Å²) < 4.78 is 0. The van der Waals surface area contributed by atoms with Gasteiger partial charge in [0.1, 0.15) is 0 Å². The molecule has 0 aromatic carbocycles. The lowest BCUT2D eigenvalue weighted by molar-refractivity contribution is 0.703. The fourth-order valence-corrected chi connectivity index (χ4v) is 0.342. The predicted molar refractivity (Wildman–Crippen MR) is 28.8 cm³/mol. The number of nitrogens with two attached hydrogens (primary N) is 1. The normalized spacial score (nSPS) is 9.00. The molecule has 0 unspecified atom stereocenters. The Morgan fingerprint density at radius 2 is 2.50 bits per heavy atom.